The van der Waals surface area contributed by atoms with E-state index in [2.05, 4.69) is 212 Å². The van der Waals surface area contributed by atoms with Crippen LogP contribution in [0.25, 0.3) is 0 Å². The van der Waals surface area contributed by atoms with E-state index in [4.69, 9.17) is 0 Å². The number of halogens is 2. The molecule has 1 radical (unpaired) electrons. The summed E-state index contributed by atoms with van der Waals surface area (Å²) in [6, 6.07) is 61.1. The molecule has 6 aromatic rings. The van der Waals surface area contributed by atoms with Crippen molar-refractivity contribution < 1.29 is 51.0 Å². The summed E-state index contributed by atoms with van der Waals surface area (Å²) < 4.78 is 0. The molecule has 6 rings (SSSR count). The number of hydrogen-bond acceptors (Lipinski definition) is 0. The van der Waals surface area contributed by atoms with Crippen molar-refractivity contribution in [2.45, 2.75) is 78.6 Å². The molecule has 271 valence electrons. The summed E-state index contributed by atoms with van der Waals surface area (Å²) in [5, 5.41) is 8.91. The van der Waals surface area contributed by atoms with Crippen LogP contribution in [-0.4, -0.2) is 25.7 Å². The molecule has 0 aliphatic heterocycles. The van der Waals surface area contributed by atoms with Crippen molar-refractivity contribution in [3.8, 4) is 0 Å². The third-order valence-corrected chi connectivity index (χ3v) is 20.1. The molecule has 0 aliphatic carbocycles. The summed E-state index contributed by atoms with van der Waals surface area (Å²) in [6.07, 6.45) is 0. The zero-order valence-electron chi connectivity index (χ0n) is 32.4. The van der Waals surface area contributed by atoms with Gasteiger partial charge in [0.15, 0.2) is 0 Å². The van der Waals surface area contributed by atoms with Gasteiger partial charge in [0.2, 0.25) is 0 Å². The first-order chi connectivity index (χ1) is 23.7. The molecule has 0 aromatic heterocycles. The maximum Gasteiger partial charge on any atom is 4.00 e. The van der Waals surface area contributed by atoms with E-state index in [1.54, 1.807) is 0 Å². The first-order valence-corrected chi connectivity index (χ1v) is 24.9. The van der Waals surface area contributed by atoms with Crippen LogP contribution in [0.5, 0.6) is 0 Å². The Morgan fingerprint density at radius 1 is 0.462 bits per heavy atom. The first kappa shape index (κ1) is 47.7. The molecule has 0 nitrogen and oxygen atoms in total. The van der Waals surface area contributed by atoms with Crippen molar-refractivity contribution in [3.63, 3.8) is 0 Å². The fourth-order valence-corrected chi connectivity index (χ4v) is 14.4. The van der Waals surface area contributed by atoms with Gasteiger partial charge in [0.1, 0.15) is 0 Å². The average molecular weight is 856 g/mol. The predicted octanol–water partition coefficient (Wildman–Crippen LogP) is 2.56. The number of hydrogen-bond donors (Lipinski definition) is 0. The molecule has 0 spiro atoms. The van der Waals surface area contributed by atoms with Gasteiger partial charge < -0.3 is 24.8 Å². The maximum atomic E-state index is 2.47. The van der Waals surface area contributed by atoms with Gasteiger partial charge in [0, 0.05) is 9.52 Å². The van der Waals surface area contributed by atoms with Crippen LogP contribution in [-0.2, 0) is 26.2 Å². The summed E-state index contributed by atoms with van der Waals surface area (Å²) >= 11 is 0. The zero-order chi connectivity index (χ0) is 35.3. The third kappa shape index (κ3) is 11.8. The molecule has 0 aliphatic rings. The molecular formula is C46H57Cl2Si3Zr. The van der Waals surface area contributed by atoms with Gasteiger partial charge in [-0.2, -0.15) is 45.8 Å². The van der Waals surface area contributed by atoms with Crippen LogP contribution in [0, 0.1) is 0 Å². The van der Waals surface area contributed by atoms with Crippen LogP contribution in [0.1, 0.15) is 64.5 Å². The Labute approximate surface area is 352 Å². The minimum Gasteiger partial charge on any atom is -1.00 e. The first-order valence-electron chi connectivity index (χ1n) is 18.2. The largest absolute Gasteiger partial charge is 4.00 e. The Morgan fingerprint density at radius 2 is 0.712 bits per heavy atom. The van der Waals surface area contributed by atoms with Crippen molar-refractivity contribution >= 4 is 56.8 Å². The summed E-state index contributed by atoms with van der Waals surface area (Å²) in [5.74, 6) is 1.16. The van der Waals surface area contributed by atoms with Gasteiger partial charge in [-0.1, -0.05) is 209 Å². The number of benzene rings is 4. The molecule has 0 N–H and O–H groups in total. The summed E-state index contributed by atoms with van der Waals surface area (Å²) in [6.45, 7) is 18.5. The van der Waals surface area contributed by atoms with Crippen LogP contribution in [0.4, 0.5) is 0 Å². The van der Waals surface area contributed by atoms with Crippen molar-refractivity contribution in [1.29, 1.82) is 0 Å². The van der Waals surface area contributed by atoms with Crippen molar-refractivity contribution in [2.24, 2.45) is 0 Å². The van der Waals surface area contributed by atoms with E-state index in [-0.39, 0.29) is 51.0 Å². The summed E-state index contributed by atoms with van der Waals surface area (Å²) in [7, 11) is -2.99. The minimum atomic E-state index is -1.90. The Hall–Kier alpha value is -2.31. The van der Waals surface area contributed by atoms with Crippen LogP contribution < -0.4 is 55.9 Å². The van der Waals surface area contributed by atoms with Gasteiger partial charge in [0.25, 0.3) is 0 Å². The molecule has 0 atom stereocenters. The second kappa shape index (κ2) is 23.5. The van der Waals surface area contributed by atoms with E-state index < -0.39 is 16.1 Å². The molecule has 0 saturated carbocycles. The van der Waals surface area contributed by atoms with Crippen molar-refractivity contribution in [3.05, 3.63) is 169 Å². The minimum absolute atomic E-state index is 0. The molecular weight excluding hydrogens is 799 g/mol. The Morgan fingerprint density at radius 3 is 0.885 bits per heavy atom. The van der Waals surface area contributed by atoms with Crippen LogP contribution in [0.15, 0.2) is 158 Å². The second-order valence-electron chi connectivity index (χ2n) is 14.0. The van der Waals surface area contributed by atoms with E-state index in [0.717, 1.165) is 9.52 Å². The van der Waals surface area contributed by atoms with E-state index in [1.165, 1.54) is 54.3 Å². The fraction of sp³-hybridized carbons (Fsp3) is 0.261. The molecule has 0 unspecified atom stereocenters. The second-order valence-corrected chi connectivity index (χ2v) is 24.2. The summed E-state index contributed by atoms with van der Waals surface area (Å²) in [5.41, 5.74) is 2.89. The maximum absolute atomic E-state index is 2.47. The molecule has 0 bridgehead atoms. The van der Waals surface area contributed by atoms with E-state index in [1.807, 2.05) is 0 Å². The normalized spacial score (nSPS) is 10.8. The van der Waals surface area contributed by atoms with E-state index in [0.29, 0.717) is 11.8 Å². The van der Waals surface area contributed by atoms with Gasteiger partial charge >= 0.3 is 26.2 Å². The molecule has 6 heteroatoms. The smallest absolute Gasteiger partial charge is 1.00 e. The Balaban J connectivity index is 0.000000438. The standard InChI is InChI=1S/2C21H23Si.C4H11Si.2ClH.Zr/c2*1-17(2)18-14-15-21(16-18)22(3,19-10-6-4-7-11-19)20-12-8-5-9-13-20;1-3-5-4-2;;;/h2*4-17H,1-3H3;5H,3-4H2,1-2H3;2*1H;/q2*-1;;;;+4/p-2. The van der Waals surface area contributed by atoms with Gasteiger partial charge in [-0.15, -0.1) is 0 Å². The molecule has 6 aromatic carbocycles. The van der Waals surface area contributed by atoms with Crippen LogP contribution >= 0.6 is 0 Å². The van der Waals surface area contributed by atoms with Crippen molar-refractivity contribution in [2.75, 3.05) is 0 Å². The SMILES string of the molecule is CC(C)c1cc([Si](C)(c2ccccc2)c2ccccc2)c[cH-]1.CC(C)c1cc([Si](C)(c2ccccc2)c2ccccc2)c[cH-]1.CC[SiH]CC.[Cl-].[Cl-].[Zr+4]. The molecule has 52 heavy (non-hydrogen) atoms. The fourth-order valence-electron chi connectivity index (χ4n) is 6.64. The number of rotatable bonds is 10. The van der Waals surface area contributed by atoms with E-state index in [9.17, 15) is 0 Å². The molecule has 0 heterocycles. The van der Waals surface area contributed by atoms with Crippen molar-refractivity contribution in [1.82, 2.24) is 0 Å². The van der Waals surface area contributed by atoms with Gasteiger partial charge in [-0.25, -0.2) is 12.1 Å². The molecule has 0 saturated heterocycles. The van der Waals surface area contributed by atoms with Gasteiger partial charge in [-0.3, -0.25) is 0 Å². The Kier molecular flexibility index (Phi) is 21.5. The average Bonchev–Trinajstić information content (AvgIpc) is 3.86. The predicted molar refractivity (Wildman–Crippen MR) is 227 cm³/mol. The summed E-state index contributed by atoms with van der Waals surface area (Å²) in [4.78, 5) is 0. The third-order valence-electron chi connectivity index (χ3n) is 10.0. The topological polar surface area (TPSA) is 0 Å². The Bertz CT molecular complexity index is 1570. The van der Waals surface area contributed by atoms with Gasteiger partial charge in [0.05, 0.1) is 16.1 Å². The molecule has 0 fully saturated rings. The monoisotopic (exact) mass is 853 g/mol. The zero-order valence-corrected chi connectivity index (χ0v) is 39.5. The van der Waals surface area contributed by atoms with Crippen LogP contribution in [0.2, 0.25) is 25.2 Å². The van der Waals surface area contributed by atoms with Gasteiger partial charge in [-0.05, 0) is 11.8 Å². The quantitative estimate of drug-likeness (QED) is 0.147. The van der Waals surface area contributed by atoms with Crippen LogP contribution in [0.3, 0.4) is 0 Å². The molecule has 0 amide bonds. The van der Waals surface area contributed by atoms with E-state index >= 15 is 0 Å².